The highest BCUT2D eigenvalue weighted by Gasteiger charge is 2.35. The number of nitrogens with zero attached hydrogens (tertiary/aromatic N) is 1. The van der Waals surface area contributed by atoms with Crippen LogP contribution in [0.3, 0.4) is 0 Å². The summed E-state index contributed by atoms with van der Waals surface area (Å²) in [5.41, 5.74) is 0.119. The van der Waals surface area contributed by atoms with Crippen molar-refractivity contribution in [2.75, 3.05) is 27.2 Å². The molecule has 1 atom stereocenters. The van der Waals surface area contributed by atoms with Crippen LogP contribution in [-0.4, -0.2) is 42.7 Å². The number of halogens is 2. The minimum atomic E-state index is -1.04. The Hall–Kier alpha value is -1.04. The molecule has 2 N–H and O–H groups in total. The van der Waals surface area contributed by atoms with Crippen molar-refractivity contribution in [3.05, 3.63) is 35.4 Å². The Bertz CT molecular complexity index is 473. The zero-order valence-electron chi connectivity index (χ0n) is 12.7. The molecule has 1 fully saturated rings. The van der Waals surface area contributed by atoms with Crippen LogP contribution >= 0.6 is 0 Å². The second-order valence-corrected chi connectivity index (χ2v) is 6.14. The van der Waals surface area contributed by atoms with E-state index < -0.39 is 17.7 Å². The van der Waals surface area contributed by atoms with Crippen LogP contribution < -0.4 is 5.32 Å². The monoisotopic (exact) mass is 298 g/mol. The molecule has 0 heterocycles. The van der Waals surface area contributed by atoms with Crippen LogP contribution in [-0.2, 0) is 0 Å². The molecule has 1 saturated carbocycles. The maximum atomic E-state index is 13.6. The third kappa shape index (κ3) is 3.78. The van der Waals surface area contributed by atoms with Crippen LogP contribution in [0.15, 0.2) is 18.2 Å². The van der Waals surface area contributed by atoms with E-state index in [4.69, 9.17) is 0 Å². The van der Waals surface area contributed by atoms with Gasteiger partial charge in [0.2, 0.25) is 0 Å². The van der Waals surface area contributed by atoms with E-state index in [2.05, 4.69) is 24.3 Å². The lowest BCUT2D eigenvalue weighted by molar-refractivity contribution is 0.132. The zero-order chi connectivity index (χ0) is 15.5. The van der Waals surface area contributed by atoms with E-state index in [1.807, 2.05) is 0 Å². The van der Waals surface area contributed by atoms with Gasteiger partial charge >= 0.3 is 0 Å². The van der Waals surface area contributed by atoms with Gasteiger partial charge in [0.25, 0.3) is 0 Å². The fraction of sp³-hybridized carbons (Fsp3) is 0.625. The van der Waals surface area contributed by atoms with Crippen LogP contribution in [0, 0.1) is 11.6 Å². The van der Waals surface area contributed by atoms with Gasteiger partial charge in [-0.25, -0.2) is 8.78 Å². The number of hydrogen-bond donors (Lipinski definition) is 2. The van der Waals surface area contributed by atoms with Crippen molar-refractivity contribution in [2.45, 2.75) is 37.3 Å². The molecule has 3 nitrogen and oxygen atoms in total. The lowest BCUT2D eigenvalue weighted by Gasteiger charge is -2.37. The molecule has 0 radical (unpaired) electrons. The van der Waals surface area contributed by atoms with Gasteiger partial charge in [0.05, 0.1) is 6.10 Å². The number of aliphatic hydroxyl groups is 1. The van der Waals surface area contributed by atoms with E-state index >= 15 is 0 Å². The van der Waals surface area contributed by atoms with E-state index in [1.165, 1.54) is 12.8 Å². The summed E-state index contributed by atoms with van der Waals surface area (Å²) in [5.74, 6) is -1.11. The van der Waals surface area contributed by atoms with E-state index in [9.17, 15) is 13.9 Å². The first-order valence-electron chi connectivity index (χ1n) is 7.46. The van der Waals surface area contributed by atoms with Crippen molar-refractivity contribution < 1.29 is 13.9 Å². The van der Waals surface area contributed by atoms with Crippen LogP contribution in [0.4, 0.5) is 8.78 Å². The summed E-state index contributed by atoms with van der Waals surface area (Å²) >= 11 is 0. The van der Waals surface area contributed by atoms with Crippen molar-refractivity contribution >= 4 is 0 Å². The summed E-state index contributed by atoms with van der Waals surface area (Å²) in [6, 6.07) is 3.16. The van der Waals surface area contributed by atoms with Crippen molar-refractivity contribution in [3.8, 4) is 0 Å². The quantitative estimate of drug-likeness (QED) is 0.847. The normalized spacial score (nSPS) is 19.1. The topological polar surface area (TPSA) is 35.5 Å². The number of hydrogen-bond acceptors (Lipinski definition) is 3. The Labute approximate surface area is 125 Å². The molecule has 1 aromatic carbocycles. The number of aliphatic hydroxyl groups excluding tert-OH is 1. The largest absolute Gasteiger partial charge is 0.387 e. The lowest BCUT2D eigenvalue weighted by atomic mass is 9.96. The molecule has 0 spiro atoms. The van der Waals surface area contributed by atoms with Gasteiger partial charge in [0.1, 0.15) is 11.6 Å². The number of likely N-dealkylation sites (N-methyl/N-ethyl adjacent to an activating group) is 1. The first-order valence-corrected chi connectivity index (χ1v) is 7.46. The molecule has 1 aliphatic rings. The standard InChI is InChI=1S/C16H24F2N2O/c1-20(2)16(7-3-4-8-16)11-19-10-15(21)13-9-12(17)5-6-14(13)18/h5-6,9,15,19,21H,3-4,7-8,10-11H2,1-2H3. The second-order valence-electron chi connectivity index (χ2n) is 6.14. The van der Waals surface area contributed by atoms with Crippen LogP contribution in [0.2, 0.25) is 0 Å². The molecule has 1 aromatic rings. The van der Waals surface area contributed by atoms with Crippen LogP contribution in [0.1, 0.15) is 37.4 Å². The molecular formula is C16H24F2N2O. The van der Waals surface area contributed by atoms with Gasteiger partial charge in [-0.3, -0.25) is 0 Å². The summed E-state index contributed by atoms with van der Waals surface area (Å²) in [7, 11) is 4.13. The van der Waals surface area contributed by atoms with Crippen molar-refractivity contribution in [2.24, 2.45) is 0 Å². The molecular weight excluding hydrogens is 274 g/mol. The Morgan fingerprint density at radius 3 is 2.57 bits per heavy atom. The van der Waals surface area contributed by atoms with E-state index in [1.54, 1.807) is 0 Å². The second kappa shape index (κ2) is 6.81. The van der Waals surface area contributed by atoms with Crippen molar-refractivity contribution in [1.82, 2.24) is 10.2 Å². The average Bonchev–Trinajstić information content (AvgIpc) is 2.91. The number of benzene rings is 1. The Morgan fingerprint density at radius 2 is 1.95 bits per heavy atom. The zero-order valence-corrected chi connectivity index (χ0v) is 12.7. The maximum absolute atomic E-state index is 13.6. The summed E-state index contributed by atoms with van der Waals surface area (Å²) in [6.45, 7) is 0.962. The van der Waals surface area contributed by atoms with Crippen molar-refractivity contribution in [3.63, 3.8) is 0 Å². The first kappa shape index (κ1) is 16.3. The number of rotatable bonds is 6. The molecule has 0 amide bonds. The highest BCUT2D eigenvalue weighted by molar-refractivity contribution is 5.21. The van der Waals surface area contributed by atoms with E-state index in [0.717, 1.165) is 37.6 Å². The third-order valence-corrected chi connectivity index (χ3v) is 4.59. The predicted molar refractivity (Wildman–Crippen MR) is 79.1 cm³/mol. The molecule has 5 heteroatoms. The van der Waals surface area contributed by atoms with Crippen LogP contribution in [0.25, 0.3) is 0 Å². The molecule has 118 valence electrons. The minimum Gasteiger partial charge on any atom is -0.387 e. The molecule has 1 unspecified atom stereocenters. The van der Waals surface area contributed by atoms with Gasteiger partial charge in [-0.2, -0.15) is 0 Å². The molecule has 0 aromatic heterocycles. The van der Waals surface area contributed by atoms with E-state index in [-0.39, 0.29) is 17.6 Å². The predicted octanol–water partition coefficient (Wildman–Crippen LogP) is 2.46. The van der Waals surface area contributed by atoms with Crippen LogP contribution in [0.5, 0.6) is 0 Å². The van der Waals surface area contributed by atoms with Gasteiger partial charge in [-0.05, 0) is 45.1 Å². The first-order chi connectivity index (χ1) is 9.94. The molecule has 2 rings (SSSR count). The highest BCUT2D eigenvalue weighted by atomic mass is 19.1. The summed E-state index contributed by atoms with van der Waals surface area (Å²) in [6.07, 6.45) is 3.62. The summed E-state index contributed by atoms with van der Waals surface area (Å²) in [5, 5.41) is 13.3. The SMILES string of the molecule is CN(C)C1(CNCC(O)c2cc(F)ccc2F)CCCC1. The molecule has 0 saturated heterocycles. The molecule has 0 bridgehead atoms. The van der Waals surface area contributed by atoms with Gasteiger partial charge in [-0.1, -0.05) is 12.8 Å². The van der Waals surface area contributed by atoms with Gasteiger partial charge in [-0.15, -0.1) is 0 Å². The third-order valence-electron chi connectivity index (χ3n) is 4.59. The smallest absolute Gasteiger partial charge is 0.129 e. The Morgan fingerprint density at radius 1 is 1.29 bits per heavy atom. The van der Waals surface area contributed by atoms with E-state index in [0.29, 0.717) is 0 Å². The Kier molecular flexibility index (Phi) is 5.30. The van der Waals surface area contributed by atoms with Gasteiger partial charge in [0.15, 0.2) is 0 Å². The van der Waals surface area contributed by atoms with Gasteiger partial charge in [0, 0.05) is 24.2 Å². The lowest BCUT2D eigenvalue weighted by Crippen LogP contribution is -2.50. The minimum absolute atomic E-state index is 0.00725. The molecule has 1 aliphatic carbocycles. The fourth-order valence-electron chi connectivity index (χ4n) is 3.14. The number of nitrogens with one attached hydrogen (secondary N) is 1. The summed E-state index contributed by atoms with van der Waals surface area (Å²) in [4.78, 5) is 2.22. The average molecular weight is 298 g/mol. The molecule has 21 heavy (non-hydrogen) atoms. The molecule has 0 aliphatic heterocycles. The Balaban J connectivity index is 1.92. The highest BCUT2D eigenvalue weighted by Crippen LogP contribution is 2.33. The fourth-order valence-corrected chi connectivity index (χ4v) is 3.14. The maximum Gasteiger partial charge on any atom is 0.129 e. The van der Waals surface area contributed by atoms with Crippen molar-refractivity contribution in [1.29, 1.82) is 0 Å². The van der Waals surface area contributed by atoms with Gasteiger partial charge < -0.3 is 15.3 Å². The summed E-state index contributed by atoms with van der Waals surface area (Å²) < 4.78 is 26.7.